The zero-order valence-electron chi connectivity index (χ0n) is 10.1. The second kappa shape index (κ2) is 4.09. The van der Waals surface area contributed by atoms with E-state index in [9.17, 15) is 0 Å². The standard InChI is InChI=1S/C12H16N4O/c1-15-6-7-17-10(8-15)11-9-4-3-5-13-12(9)16(2)14-11/h3-5,10H,6-8H2,1-2H3. The van der Waals surface area contributed by atoms with Crippen molar-refractivity contribution < 1.29 is 4.74 Å². The van der Waals surface area contributed by atoms with Crippen LogP contribution in [-0.2, 0) is 11.8 Å². The number of hydrogen-bond donors (Lipinski definition) is 0. The third-order valence-electron chi connectivity index (χ3n) is 3.20. The van der Waals surface area contributed by atoms with E-state index >= 15 is 0 Å². The quantitative estimate of drug-likeness (QED) is 0.735. The van der Waals surface area contributed by atoms with Gasteiger partial charge in [-0.1, -0.05) is 0 Å². The number of nitrogens with zero attached hydrogens (tertiary/aromatic N) is 4. The minimum Gasteiger partial charge on any atom is -0.369 e. The van der Waals surface area contributed by atoms with Crippen LogP contribution in [0.25, 0.3) is 11.0 Å². The van der Waals surface area contributed by atoms with Crippen LogP contribution < -0.4 is 0 Å². The first-order chi connectivity index (χ1) is 8.25. The Labute approximate surface area is 100.0 Å². The fourth-order valence-electron chi connectivity index (χ4n) is 2.30. The average Bonchev–Trinajstić information content (AvgIpc) is 2.68. The zero-order valence-corrected chi connectivity index (χ0v) is 10.1. The molecule has 0 aliphatic carbocycles. The van der Waals surface area contributed by atoms with Gasteiger partial charge in [-0.3, -0.25) is 4.68 Å². The summed E-state index contributed by atoms with van der Waals surface area (Å²) in [6.45, 7) is 2.64. The van der Waals surface area contributed by atoms with Crippen molar-refractivity contribution >= 4 is 11.0 Å². The number of ether oxygens (including phenoxy) is 1. The third-order valence-corrected chi connectivity index (χ3v) is 3.20. The van der Waals surface area contributed by atoms with Gasteiger partial charge in [-0.15, -0.1) is 0 Å². The van der Waals surface area contributed by atoms with Crippen LogP contribution in [0.15, 0.2) is 18.3 Å². The molecule has 0 radical (unpaired) electrons. The van der Waals surface area contributed by atoms with Crippen LogP contribution in [-0.4, -0.2) is 46.4 Å². The fourth-order valence-corrected chi connectivity index (χ4v) is 2.30. The number of aromatic nitrogens is 3. The molecule has 1 atom stereocenters. The van der Waals surface area contributed by atoms with Gasteiger partial charge in [0.05, 0.1) is 6.61 Å². The van der Waals surface area contributed by atoms with Crippen molar-refractivity contribution in [3.8, 4) is 0 Å². The SMILES string of the molecule is CN1CCOC(c2nn(C)c3ncccc23)C1. The lowest BCUT2D eigenvalue weighted by atomic mass is 10.1. The lowest BCUT2D eigenvalue weighted by Gasteiger charge is -2.29. The van der Waals surface area contributed by atoms with Crippen LogP contribution in [0.4, 0.5) is 0 Å². The van der Waals surface area contributed by atoms with E-state index in [0.717, 1.165) is 36.4 Å². The van der Waals surface area contributed by atoms with Gasteiger partial charge in [0.1, 0.15) is 11.8 Å². The molecule has 5 nitrogen and oxygen atoms in total. The van der Waals surface area contributed by atoms with Crippen molar-refractivity contribution in [3.05, 3.63) is 24.0 Å². The topological polar surface area (TPSA) is 43.2 Å². The Morgan fingerprint density at radius 2 is 2.29 bits per heavy atom. The molecule has 2 aromatic rings. The lowest BCUT2D eigenvalue weighted by Crippen LogP contribution is -2.35. The predicted octanol–water partition coefficient (Wildman–Crippen LogP) is 0.971. The van der Waals surface area contributed by atoms with Crippen LogP contribution >= 0.6 is 0 Å². The highest BCUT2D eigenvalue weighted by molar-refractivity contribution is 5.78. The van der Waals surface area contributed by atoms with Crippen LogP contribution in [0.1, 0.15) is 11.8 Å². The number of morpholine rings is 1. The molecule has 17 heavy (non-hydrogen) atoms. The molecule has 0 spiro atoms. The van der Waals surface area contributed by atoms with E-state index in [0.29, 0.717) is 0 Å². The maximum absolute atomic E-state index is 5.81. The highest BCUT2D eigenvalue weighted by atomic mass is 16.5. The van der Waals surface area contributed by atoms with E-state index in [-0.39, 0.29) is 6.10 Å². The van der Waals surface area contributed by atoms with Gasteiger partial charge >= 0.3 is 0 Å². The molecule has 0 N–H and O–H groups in total. The molecule has 2 aromatic heterocycles. The summed E-state index contributed by atoms with van der Waals surface area (Å²) in [6.07, 6.45) is 1.85. The van der Waals surface area contributed by atoms with Crippen molar-refractivity contribution in [3.63, 3.8) is 0 Å². The van der Waals surface area contributed by atoms with E-state index in [2.05, 4.69) is 28.1 Å². The summed E-state index contributed by atoms with van der Waals surface area (Å²) in [4.78, 5) is 6.62. The molecule has 3 heterocycles. The summed E-state index contributed by atoms with van der Waals surface area (Å²) >= 11 is 0. The molecule has 0 aromatic carbocycles. The van der Waals surface area contributed by atoms with Crippen LogP contribution in [0, 0.1) is 0 Å². The first-order valence-corrected chi connectivity index (χ1v) is 5.83. The summed E-state index contributed by atoms with van der Waals surface area (Å²) in [7, 11) is 4.03. The van der Waals surface area contributed by atoms with Crippen molar-refractivity contribution in [1.82, 2.24) is 19.7 Å². The third kappa shape index (κ3) is 1.81. The predicted molar refractivity (Wildman–Crippen MR) is 64.7 cm³/mol. The molecule has 1 saturated heterocycles. The molecule has 90 valence electrons. The lowest BCUT2D eigenvalue weighted by molar-refractivity contribution is -0.0226. The van der Waals surface area contributed by atoms with Crippen molar-refractivity contribution in [2.75, 3.05) is 26.7 Å². The van der Waals surface area contributed by atoms with Crippen molar-refractivity contribution in [2.24, 2.45) is 7.05 Å². The molecule has 5 heteroatoms. The number of hydrogen-bond acceptors (Lipinski definition) is 4. The Bertz CT molecular complexity index is 536. The second-order valence-corrected chi connectivity index (χ2v) is 4.51. The van der Waals surface area contributed by atoms with Gasteiger partial charge < -0.3 is 9.64 Å². The second-order valence-electron chi connectivity index (χ2n) is 4.51. The molecular weight excluding hydrogens is 216 g/mol. The van der Waals surface area contributed by atoms with Gasteiger partial charge in [-0.25, -0.2) is 4.98 Å². The number of likely N-dealkylation sites (N-methyl/N-ethyl adjacent to an activating group) is 1. The Morgan fingerprint density at radius 3 is 3.12 bits per heavy atom. The normalized spacial score (nSPS) is 22.1. The van der Waals surface area contributed by atoms with Crippen LogP contribution in [0.2, 0.25) is 0 Å². The number of rotatable bonds is 1. The smallest absolute Gasteiger partial charge is 0.157 e. The highest BCUT2D eigenvalue weighted by Crippen LogP contribution is 2.26. The van der Waals surface area contributed by atoms with E-state index < -0.39 is 0 Å². The molecule has 3 rings (SSSR count). The number of pyridine rings is 1. The maximum atomic E-state index is 5.81. The highest BCUT2D eigenvalue weighted by Gasteiger charge is 2.24. The summed E-state index contributed by atoms with van der Waals surface area (Å²) in [5, 5.41) is 5.64. The largest absolute Gasteiger partial charge is 0.369 e. The van der Waals surface area contributed by atoms with Gasteiger partial charge in [0.15, 0.2) is 5.65 Å². The fraction of sp³-hybridized carbons (Fsp3) is 0.500. The molecule has 1 fully saturated rings. The molecule has 0 saturated carbocycles. The Morgan fingerprint density at radius 1 is 1.41 bits per heavy atom. The Hall–Kier alpha value is -1.46. The molecular formula is C12H16N4O. The first kappa shape index (κ1) is 10.7. The number of aryl methyl sites for hydroxylation is 1. The Kier molecular flexibility index (Phi) is 2.57. The van der Waals surface area contributed by atoms with Crippen LogP contribution in [0.5, 0.6) is 0 Å². The summed E-state index contributed by atoms with van der Waals surface area (Å²) in [5.41, 5.74) is 1.92. The average molecular weight is 232 g/mol. The molecule has 1 aliphatic heterocycles. The zero-order chi connectivity index (χ0) is 11.8. The molecule has 1 aliphatic rings. The van der Waals surface area contributed by atoms with Gasteiger partial charge in [0.25, 0.3) is 0 Å². The van der Waals surface area contributed by atoms with Gasteiger partial charge in [-0.2, -0.15) is 5.10 Å². The minimum atomic E-state index is 0.0571. The summed E-state index contributed by atoms with van der Waals surface area (Å²) < 4.78 is 7.63. The van der Waals surface area contributed by atoms with Crippen molar-refractivity contribution in [2.45, 2.75) is 6.10 Å². The van der Waals surface area contributed by atoms with E-state index in [1.807, 2.05) is 17.8 Å². The molecule has 1 unspecified atom stereocenters. The van der Waals surface area contributed by atoms with Gasteiger partial charge in [0.2, 0.25) is 0 Å². The molecule has 0 bridgehead atoms. The summed E-state index contributed by atoms with van der Waals surface area (Å²) in [6, 6.07) is 4.00. The monoisotopic (exact) mass is 232 g/mol. The van der Waals surface area contributed by atoms with Crippen LogP contribution in [0.3, 0.4) is 0 Å². The van der Waals surface area contributed by atoms with Crippen molar-refractivity contribution in [1.29, 1.82) is 0 Å². The van der Waals surface area contributed by atoms with Gasteiger partial charge in [0, 0.05) is 31.7 Å². The van der Waals surface area contributed by atoms with E-state index in [1.54, 1.807) is 6.20 Å². The van der Waals surface area contributed by atoms with E-state index in [4.69, 9.17) is 4.74 Å². The van der Waals surface area contributed by atoms with Gasteiger partial charge in [-0.05, 0) is 19.2 Å². The first-order valence-electron chi connectivity index (χ1n) is 5.83. The summed E-state index contributed by atoms with van der Waals surface area (Å²) in [5.74, 6) is 0. The molecule has 0 amide bonds. The van der Waals surface area contributed by atoms with E-state index in [1.165, 1.54) is 0 Å². The Balaban J connectivity index is 2.05. The minimum absolute atomic E-state index is 0.0571. The maximum Gasteiger partial charge on any atom is 0.157 e. The number of fused-ring (bicyclic) bond motifs is 1.